The van der Waals surface area contributed by atoms with Crippen molar-refractivity contribution in [2.45, 2.75) is 13.0 Å². The van der Waals surface area contributed by atoms with Crippen LogP contribution in [0.25, 0.3) is 22.2 Å². The van der Waals surface area contributed by atoms with Gasteiger partial charge in [-0.25, -0.2) is 19.0 Å². The molecule has 35 heavy (non-hydrogen) atoms. The number of ether oxygens (including phenoxy) is 1. The summed E-state index contributed by atoms with van der Waals surface area (Å²) in [5, 5.41) is 15.5. The van der Waals surface area contributed by atoms with Crippen molar-refractivity contribution in [3.63, 3.8) is 0 Å². The first kappa shape index (κ1) is 22.9. The number of fused-ring (bicyclic) bond motifs is 1. The van der Waals surface area contributed by atoms with Crippen molar-refractivity contribution in [3.05, 3.63) is 76.2 Å². The molecular weight excluding hydrogens is 451 g/mol. The molecule has 0 spiro atoms. The normalized spacial score (nSPS) is 13.9. The number of rotatable bonds is 6. The maximum atomic E-state index is 15.1. The molecule has 10 heteroatoms. The van der Waals surface area contributed by atoms with E-state index in [2.05, 4.69) is 20.0 Å². The molecule has 2 aromatic carbocycles. The first-order chi connectivity index (χ1) is 17.0. The number of aromatic hydroxyl groups is 1. The summed E-state index contributed by atoms with van der Waals surface area (Å²) in [7, 11) is 0. The molecule has 0 radical (unpaired) electrons. The fourth-order valence-electron chi connectivity index (χ4n) is 4.27. The third-order valence-corrected chi connectivity index (χ3v) is 6.05. The lowest BCUT2D eigenvalue weighted by Gasteiger charge is -2.29. The molecule has 1 saturated heterocycles. The van der Waals surface area contributed by atoms with Gasteiger partial charge in [0.05, 0.1) is 36.7 Å². The predicted molar refractivity (Wildman–Crippen MR) is 130 cm³/mol. The van der Waals surface area contributed by atoms with Crippen molar-refractivity contribution in [1.82, 2.24) is 19.7 Å². The zero-order valence-electron chi connectivity index (χ0n) is 19.0. The molecule has 1 fully saturated rings. The van der Waals surface area contributed by atoms with Gasteiger partial charge in [0.25, 0.3) is 5.56 Å². The Morgan fingerprint density at radius 3 is 2.71 bits per heavy atom. The second-order valence-electron chi connectivity index (χ2n) is 8.34. The summed E-state index contributed by atoms with van der Waals surface area (Å²) >= 11 is 0. The Labute approximate surface area is 200 Å². The van der Waals surface area contributed by atoms with E-state index in [1.54, 1.807) is 12.1 Å². The number of phenolic OH excluding ortho intramolecular Hbond substituents is 1. The van der Waals surface area contributed by atoms with E-state index in [0.717, 1.165) is 24.8 Å². The van der Waals surface area contributed by atoms with Gasteiger partial charge < -0.3 is 20.5 Å². The van der Waals surface area contributed by atoms with Gasteiger partial charge in [0.15, 0.2) is 0 Å². The van der Waals surface area contributed by atoms with E-state index in [9.17, 15) is 9.90 Å². The molecule has 1 aliphatic rings. The third-order valence-electron chi connectivity index (χ3n) is 6.05. The number of halogens is 1. The minimum absolute atomic E-state index is 0.197. The lowest BCUT2D eigenvalue weighted by molar-refractivity contribution is 0.122. The summed E-state index contributed by atoms with van der Waals surface area (Å²) in [5.74, 6) is -0.790. The smallest absolute Gasteiger partial charge is 0.266 e. The van der Waals surface area contributed by atoms with Crippen LogP contribution >= 0.6 is 0 Å². The summed E-state index contributed by atoms with van der Waals surface area (Å²) in [6.07, 6.45) is 1.62. The van der Waals surface area contributed by atoms with Gasteiger partial charge in [0.2, 0.25) is 0 Å². The topological polar surface area (TPSA) is 119 Å². The lowest BCUT2D eigenvalue weighted by Crippen LogP contribution is -2.36. The largest absolute Gasteiger partial charge is 0.508 e. The first-order valence-electron chi connectivity index (χ1n) is 11.4. The zero-order chi connectivity index (χ0) is 24.4. The van der Waals surface area contributed by atoms with Crippen LogP contribution in [0.2, 0.25) is 0 Å². The summed E-state index contributed by atoms with van der Waals surface area (Å²) in [6, 6.07) is 11.5. The highest BCUT2D eigenvalue weighted by Gasteiger charge is 2.18. The number of hydrogen-bond donors (Lipinski definition) is 2. The molecule has 3 N–H and O–H groups in total. The van der Waals surface area contributed by atoms with Crippen LogP contribution in [0.5, 0.6) is 5.75 Å². The Morgan fingerprint density at radius 2 is 1.91 bits per heavy atom. The van der Waals surface area contributed by atoms with Crippen molar-refractivity contribution < 1.29 is 14.2 Å². The molecular formula is C25H25FN6O3. The van der Waals surface area contributed by atoms with E-state index in [1.165, 1.54) is 17.1 Å². The Kier molecular flexibility index (Phi) is 6.39. The van der Waals surface area contributed by atoms with Crippen LogP contribution in [0.3, 0.4) is 0 Å². The highest BCUT2D eigenvalue weighted by atomic mass is 19.1. The average Bonchev–Trinajstić information content (AvgIpc) is 2.87. The van der Waals surface area contributed by atoms with Crippen LogP contribution < -0.4 is 16.2 Å². The van der Waals surface area contributed by atoms with Gasteiger partial charge in [-0.3, -0.25) is 4.79 Å². The Balaban J connectivity index is 1.52. The number of aromatic nitrogens is 4. The maximum absolute atomic E-state index is 15.1. The SMILES string of the molecule is NCCn1nc(Cc2cc(-c3ncnc4cc(N5CCOCC5)ccc34)c(F)cc2O)ccc1=O. The quantitative estimate of drug-likeness (QED) is 0.434. The van der Waals surface area contributed by atoms with Crippen molar-refractivity contribution in [2.24, 2.45) is 5.73 Å². The molecule has 0 atom stereocenters. The van der Waals surface area contributed by atoms with Gasteiger partial charge in [0, 0.05) is 60.4 Å². The van der Waals surface area contributed by atoms with E-state index >= 15 is 4.39 Å². The number of hydrogen-bond acceptors (Lipinski definition) is 8. The highest BCUT2D eigenvalue weighted by Crippen LogP contribution is 2.34. The maximum Gasteiger partial charge on any atom is 0.266 e. The van der Waals surface area contributed by atoms with Crippen LogP contribution in [-0.4, -0.2) is 57.7 Å². The van der Waals surface area contributed by atoms with E-state index in [4.69, 9.17) is 10.5 Å². The minimum atomic E-state index is -0.593. The molecule has 1 aliphatic heterocycles. The number of morpholine rings is 1. The van der Waals surface area contributed by atoms with Crippen LogP contribution in [0.1, 0.15) is 11.3 Å². The molecule has 0 amide bonds. The van der Waals surface area contributed by atoms with Crippen LogP contribution in [-0.2, 0) is 17.7 Å². The molecule has 5 rings (SSSR count). The van der Waals surface area contributed by atoms with E-state index < -0.39 is 5.82 Å². The van der Waals surface area contributed by atoms with Gasteiger partial charge in [-0.15, -0.1) is 0 Å². The summed E-state index contributed by atoms with van der Waals surface area (Å²) in [5.41, 5.74) is 8.71. The molecule has 2 aromatic heterocycles. The van der Waals surface area contributed by atoms with Gasteiger partial charge in [-0.1, -0.05) is 0 Å². The zero-order valence-corrected chi connectivity index (χ0v) is 19.0. The van der Waals surface area contributed by atoms with Crippen LogP contribution in [0.4, 0.5) is 10.1 Å². The standard InChI is InChI=1S/C25H25FN6O3/c26-21-14-23(33)16(11-17-1-4-24(34)32(30-17)6-5-27)12-20(21)25-19-3-2-18(13-22(19)28-15-29-25)31-7-9-35-10-8-31/h1-4,12-15,33H,5-11,27H2. The monoisotopic (exact) mass is 476 g/mol. The highest BCUT2D eigenvalue weighted by molar-refractivity contribution is 5.94. The second kappa shape index (κ2) is 9.77. The number of benzene rings is 2. The van der Waals surface area contributed by atoms with Gasteiger partial charge in [-0.05, 0) is 30.3 Å². The predicted octanol–water partition coefficient (Wildman–Crippen LogP) is 2.08. The Bertz CT molecular complexity index is 1430. The second-order valence-corrected chi connectivity index (χ2v) is 8.34. The van der Waals surface area contributed by atoms with Gasteiger partial charge >= 0.3 is 0 Å². The fraction of sp³-hybridized carbons (Fsp3) is 0.280. The Morgan fingerprint density at radius 1 is 1.09 bits per heavy atom. The minimum Gasteiger partial charge on any atom is -0.508 e. The molecule has 0 unspecified atom stereocenters. The van der Waals surface area contributed by atoms with Crippen molar-refractivity contribution in [3.8, 4) is 17.0 Å². The summed E-state index contributed by atoms with van der Waals surface area (Å²) < 4.78 is 21.8. The molecule has 180 valence electrons. The van der Waals surface area contributed by atoms with Gasteiger partial charge in [0.1, 0.15) is 17.9 Å². The molecule has 4 aromatic rings. The molecule has 0 bridgehead atoms. The van der Waals surface area contributed by atoms with Crippen LogP contribution in [0, 0.1) is 5.82 Å². The van der Waals surface area contributed by atoms with E-state index in [1.807, 2.05) is 18.2 Å². The Hall–Kier alpha value is -3.89. The number of phenols is 1. The number of nitrogens with two attached hydrogens (primary N) is 1. The number of nitrogens with zero attached hydrogens (tertiary/aromatic N) is 5. The van der Waals surface area contributed by atoms with Gasteiger partial charge in [-0.2, -0.15) is 5.10 Å². The summed E-state index contributed by atoms with van der Waals surface area (Å²) in [4.78, 5) is 22.9. The van der Waals surface area contributed by atoms with E-state index in [0.29, 0.717) is 41.1 Å². The summed E-state index contributed by atoms with van der Waals surface area (Å²) in [6.45, 7) is 3.50. The lowest BCUT2D eigenvalue weighted by atomic mass is 10.00. The molecule has 9 nitrogen and oxygen atoms in total. The third kappa shape index (κ3) is 4.71. The van der Waals surface area contributed by atoms with E-state index in [-0.39, 0.29) is 36.4 Å². The van der Waals surface area contributed by atoms with Crippen molar-refractivity contribution >= 4 is 16.6 Å². The average molecular weight is 477 g/mol. The molecule has 0 saturated carbocycles. The van der Waals surface area contributed by atoms with Crippen molar-refractivity contribution in [2.75, 3.05) is 37.7 Å². The number of anilines is 1. The molecule has 3 heterocycles. The molecule has 0 aliphatic carbocycles. The van der Waals surface area contributed by atoms with Crippen LogP contribution in [0.15, 0.2) is 53.6 Å². The van der Waals surface area contributed by atoms with Crippen molar-refractivity contribution in [1.29, 1.82) is 0 Å². The fourth-order valence-corrected chi connectivity index (χ4v) is 4.27. The first-order valence-corrected chi connectivity index (χ1v) is 11.4.